The number of nitrogens with one attached hydrogen (secondary N) is 1. The molecule has 0 bridgehead atoms. The van der Waals surface area contributed by atoms with Crippen molar-refractivity contribution in [1.82, 2.24) is 15.2 Å². The van der Waals surface area contributed by atoms with E-state index < -0.39 is 0 Å². The van der Waals surface area contributed by atoms with Crippen molar-refractivity contribution in [2.75, 3.05) is 0 Å². The topological polar surface area (TPSA) is 41.6 Å². The van der Waals surface area contributed by atoms with Gasteiger partial charge in [0, 0.05) is 17.3 Å². The molecule has 0 spiro atoms. The Morgan fingerprint density at radius 2 is 1.93 bits per heavy atom. The van der Waals surface area contributed by atoms with Crippen LogP contribution in [0.25, 0.3) is 10.9 Å². The van der Waals surface area contributed by atoms with Crippen LogP contribution in [0.2, 0.25) is 0 Å². The highest BCUT2D eigenvalue weighted by Gasteiger charge is 2.19. The van der Waals surface area contributed by atoms with Gasteiger partial charge in [-0.25, -0.2) is 0 Å². The van der Waals surface area contributed by atoms with Gasteiger partial charge in [-0.05, 0) is 17.9 Å². The minimum absolute atomic E-state index is 0.112. The van der Waals surface area contributed by atoms with Crippen LogP contribution < -0.4 is 0 Å². The third-order valence-corrected chi connectivity index (χ3v) is 2.45. The van der Waals surface area contributed by atoms with Crippen molar-refractivity contribution in [3.8, 4) is 0 Å². The third kappa shape index (κ3) is 1.29. The lowest BCUT2D eigenvalue weighted by Crippen LogP contribution is -2.12. The van der Waals surface area contributed by atoms with E-state index in [-0.39, 0.29) is 5.41 Å². The van der Waals surface area contributed by atoms with E-state index in [1.165, 1.54) is 10.9 Å². The Morgan fingerprint density at radius 3 is 2.57 bits per heavy atom. The maximum absolute atomic E-state index is 4.21. The summed E-state index contributed by atoms with van der Waals surface area (Å²) < 4.78 is 0. The van der Waals surface area contributed by atoms with Crippen molar-refractivity contribution < 1.29 is 0 Å². The molecule has 2 heterocycles. The van der Waals surface area contributed by atoms with Crippen molar-refractivity contribution in [3.05, 3.63) is 23.7 Å². The summed E-state index contributed by atoms with van der Waals surface area (Å²) in [7, 11) is 0. The van der Waals surface area contributed by atoms with Crippen LogP contribution in [0, 0.1) is 6.92 Å². The standard InChI is InChI=1S/C11H15N3/c1-7-10-8(11(2,3)4)5-12-6-9(10)14-13-7/h5-6H,1-4H3,(H,13,14). The number of pyridine rings is 1. The fourth-order valence-electron chi connectivity index (χ4n) is 1.70. The number of hydrogen-bond acceptors (Lipinski definition) is 2. The van der Waals surface area contributed by atoms with Crippen LogP contribution in [-0.4, -0.2) is 15.2 Å². The Labute approximate surface area is 83.6 Å². The van der Waals surface area contributed by atoms with Gasteiger partial charge in [-0.2, -0.15) is 5.10 Å². The lowest BCUT2D eigenvalue weighted by atomic mass is 9.86. The summed E-state index contributed by atoms with van der Waals surface area (Å²) in [6.45, 7) is 8.62. The highest BCUT2D eigenvalue weighted by molar-refractivity contribution is 5.84. The molecule has 3 nitrogen and oxygen atoms in total. The van der Waals surface area contributed by atoms with Gasteiger partial charge in [-0.3, -0.25) is 10.1 Å². The first kappa shape index (κ1) is 9.19. The van der Waals surface area contributed by atoms with E-state index in [4.69, 9.17) is 0 Å². The molecular formula is C11H15N3. The number of H-pyrrole nitrogens is 1. The second kappa shape index (κ2) is 2.80. The van der Waals surface area contributed by atoms with Gasteiger partial charge in [0.2, 0.25) is 0 Å². The maximum Gasteiger partial charge on any atom is 0.111 e. The molecule has 0 amide bonds. The fourth-order valence-corrected chi connectivity index (χ4v) is 1.70. The van der Waals surface area contributed by atoms with Gasteiger partial charge in [0.05, 0.1) is 6.20 Å². The molecule has 0 radical (unpaired) electrons. The van der Waals surface area contributed by atoms with E-state index in [1.807, 2.05) is 13.1 Å². The van der Waals surface area contributed by atoms with Gasteiger partial charge in [-0.1, -0.05) is 20.8 Å². The number of hydrogen-bond donors (Lipinski definition) is 1. The van der Waals surface area contributed by atoms with Crippen LogP contribution in [0.3, 0.4) is 0 Å². The van der Waals surface area contributed by atoms with Crippen molar-refractivity contribution in [2.45, 2.75) is 33.1 Å². The van der Waals surface area contributed by atoms with Gasteiger partial charge >= 0.3 is 0 Å². The van der Waals surface area contributed by atoms with Gasteiger partial charge in [0.25, 0.3) is 0 Å². The third-order valence-electron chi connectivity index (χ3n) is 2.45. The van der Waals surface area contributed by atoms with Crippen molar-refractivity contribution in [2.24, 2.45) is 0 Å². The Morgan fingerprint density at radius 1 is 1.21 bits per heavy atom. The van der Waals surface area contributed by atoms with Crippen LogP contribution in [-0.2, 0) is 5.41 Å². The predicted molar refractivity (Wildman–Crippen MR) is 57.3 cm³/mol. The summed E-state index contributed by atoms with van der Waals surface area (Å²) in [5, 5.41) is 8.42. The predicted octanol–water partition coefficient (Wildman–Crippen LogP) is 2.56. The first-order valence-corrected chi connectivity index (χ1v) is 4.79. The summed E-state index contributed by atoms with van der Waals surface area (Å²) in [5.74, 6) is 0. The highest BCUT2D eigenvalue weighted by Crippen LogP contribution is 2.29. The molecule has 3 heteroatoms. The number of fused-ring (bicyclic) bond motifs is 1. The van der Waals surface area contributed by atoms with Crippen LogP contribution in [0.1, 0.15) is 32.0 Å². The number of aromatic nitrogens is 3. The smallest absolute Gasteiger partial charge is 0.111 e. The number of aryl methyl sites for hydroxylation is 1. The molecule has 1 N–H and O–H groups in total. The van der Waals surface area contributed by atoms with Gasteiger partial charge < -0.3 is 0 Å². The average Bonchev–Trinajstić information content (AvgIpc) is 2.46. The largest absolute Gasteiger partial charge is 0.282 e. The van der Waals surface area contributed by atoms with Gasteiger partial charge in [0.1, 0.15) is 5.52 Å². The molecule has 2 aromatic rings. The lowest BCUT2D eigenvalue weighted by Gasteiger charge is -2.19. The quantitative estimate of drug-likeness (QED) is 0.692. The molecule has 0 aromatic carbocycles. The van der Waals surface area contributed by atoms with E-state index >= 15 is 0 Å². The molecule has 0 aliphatic carbocycles. The summed E-state index contributed by atoms with van der Waals surface area (Å²) in [4.78, 5) is 4.21. The van der Waals surface area contributed by atoms with E-state index in [0.717, 1.165) is 11.2 Å². The monoisotopic (exact) mass is 189 g/mol. The SMILES string of the molecule is Cc1[nH]nc2cncc(C(C)(C)C)c12. The molecule has 0 aliphatic heterocycles. The molecule has 0 saturated carbocycles. The normalized spacial score (nSPS) is 12.3. The zero-order valence-corrected chi connectivity index (χ0v) is 9.05. The summed E-state index contributed by atoms with van der Waals surface area (Å²) in [6.07, 6.45) is 3.74. The second-order valence-corrected chi connectivity index (χ2v) is 4.68. The minimum atomic E-state index is 0.112. The molecule has 2 aromatic heterocycles. The van der Waals surface area contributed by atoms with Crippen molar-refractivity contribution >= 4 is 10.9 Å². The van der Waals surface area contributed by atoms with Gasteiger partial charge in [-0.15, -0.1) is 0 Å². The molecule has 74 valence electrons. The Kier molecular flexibility index (Phi) is 1.84. The fraction of sp³-hybridized carbons (Fsp3) is 0.455. The van der Waals surface area contributed by atoms with Gasteiger partial charge in [0.15, 0.2) is 0 Å². The molecule has 0 aliphatic rings. The van der Waals surface area contributed by atoms with E-state index in [2.05, 4.69) is 36.0 Å². The van der Waals surface area contributed by atoms with Crippen LogP contribution in [0.5, 0.6) is 0 Å². The first-order valence-electron chi connectivity index (χ1n) is 4.79. The zero-order chi connectivity index (χ0) is 10.3. The Hall–Kier alpha value is -1.38. The molecular weight excluding hydrogens is 174 g/mol. The summed E-state index contributed by atoms with van der Waals surface area (Å²) in [6, 6.07) is 0. The number of rotatable bonds is 0. The van der Waals surface area contributed by atoms with E-state index in [1.54, 1.807) is 6.20 Å². The van der Waals surface area contributed by atoms with Crippen molar-refractivity contribution in [3.63, 3.8) is 0 Å². The van der Waals surface area contributed by atoms with Crippen LogP contribution in [0.4, 0.5) is 0 Å². The maximum atomic E-state index is 4.21. The second-order valence-electron chi connectivity index (χ2n) is 4.68. The molecule has 14 heavy (non-hydrogen) atoms. The zero-order valence-electron chi connectivity index (χ0n) is 9.05. The summed E-state index contributed by atoms with van der Waals surface area (Å²) in [5.41, 5.74) is 3.43. The van der Waals surface area contributed by atoms with E-state index in [0.29, 0.717) is 0 Å². The first-order chi connectivity index (χ1) is 6.50. The molecule has 2 rings (SSSR count). The van der Waals surface area contributed by atoms with Crippen LogP contribution in [0.15, 0.2) is 12.4 Å². The average molecular weight is 189 g/mol. The Balaban J connectivity index is 2.82. The molecule has 0 unspecified atom stereocenters. The molecule has 0 atom stereocenters. The Bertz CT molecular complexity index is 463. The summed E-state index contributed by atoms with van der Waals surface area (Å²) >= 11 is 0. The van der Waals surface area contributed by atoms with E-state index in [9.17, 15) is 0 Å². The number of nitrogens with zero attached hydrogens (tertiary/aromatic N) is 2. The van der Waals surface area contributed by atoms with Crippen molar-refractivity contribution in [1.29, 1.82) is 0 Å². The highest BCUT2D eigenvalue weighted by atomic mass is 15.1. The number of aromatic amines is 1. The molecule has 0 fully saturated rings. The van der Waals surface area contributed by atoms with Crippen LogP contribution >= 0.6 is 0 Å². The molecule has 0 saturated heterocycles. The lowest BCUT2D eigenvalue weighted by molar-refractivity contribution is 0.593. The minimum Gasteiger partial charge on any atom is -0.282 e.